The number of halogens is 1. The van der Waals surface area contributed by atoms with Crippen molar-refractivity contribution in [3.05, 3.63) is 18.2 Å². The van der Waals surface area contributed by atoms with E-state index in [0.29, 0.717) is 23.6 Å². The van der Waals surface area contributed by atoms with Gasteiger partial charge in [-0.25, -0.2) is 0 Å². The first-order chi connectivity index (χ1) is 11.9. The Bertz CT molecular complexity index is 633. The van der Waals surface area contributed by atoms with Gasteiger partial charge in [-0.1, -0.05) is 13.3 Å². The number of hydrogen-bond acceptors (Lipinski definition) is 5. The van der Waals surface area contributed by atoms with Crippen LogP contribution >= 0.6 is 12.4 Å². The number of nitrogens with one attached hydrogen (secondary N) is 2. The van der Waals surface area contributed by atoms with Crippen LogP contribution in [0.3, 0.4) is 0 Å². The van der Waals surface area contributed by atoms with E-state index in [0.717, 1.165) is 19.3 Å². The van der Waals surface area contributed by atoms with E-state index in [4.69, 9.17) is 15.2 Å². The van der Waals surface area contributed by atoms with Crippen LogP contribution in [0.2, 0.25) is 0 Å². The van der Waals surface area contributed by atoms with Crippen LogP contribution in [-0.4, -0.2) is 37.1 Å². The maximum atomic E-state index is 12.3. The molecule has 1 saturated carbocycles. The zero-order chi connectivity index (χ0) is 18.4. The Morgan fingerprint density at radius 2 is 2.00 bits per heavy atom. The van der Waals surface area contributed by atoms with Crippen LogP contribution in [0.25, 0.3) is 0 Å². The van der Waals surface area contributed by atoms with Crippen molar-refractivity contribution in [1.82, 2.24) is 5.32 Å². The molecule has 1 aromatic rings. The highest BCUT2D eigenvalue weighted by atomic mass is 35.5. The van der Waals surface area contributed by atoms with Crippen LogP contribution in [0.1, 0.15) is 39.5 Å². The lowest BCUT2D eigenvalue weighted by atomic mass is 9.96. The summed E-state index contributed by atoms with van der Waals surface area (Å²) in [6, 6.07) is 5.29. The Morgan fingerprint density at radius 3 is 2.58 bits per heavy atom. The van der Waals surface area contributed by atoms with Crippen molar-refractivity contribution >= 4 is 29.9 Å². The molecule has 2 amide bonds. The smallest absolute Gasteiger partial charge is 0.258 e. The minimum Gasteiger partial charge on any atom is -0.493 e. The average molecular weight is 386 g/mol. The molecule has 26 heavy (non-hydrogen) atoms. The third-order valence-electron chi connectivity index (χ3n) is 4.01. The molecule has 4 N–H and O–H groups in total. The highest BCUT2D eigenvalue weighted by Gasteiger charge is 2.27. The third-order valence-corrected chi connectivity index (χ3v) is 4.01. The van der Waals surface area contributed by atoms with Crippen molar-refractivity contribution in [2.45, 2.75) is 51.1 Å². The molecule has 0 aliphatic heterocycles. The summed E-state index contributed by atoms with van der Waals surface area (Å²) in [6.07, 6.45) is 3.44. The van der Waals surface area contributed by atoms with Crippen molar-refractivity contribution in [1.29, 1.82) is 0 Å². The number of hydrogen-bond donors (Lipinski definition) is 3. The van der Waals surface area contributed by atoms with E-state index in [-0.39, 0.29) is 36.9 Å². The van der Waals surface area contributed by atoms with Gasteiger partial charge in [0.05, 0.1) is 12.6 Å². The number of ether oxygens (including phenoxy) is 2. The number of anilines is 1. The number of nitrogens with two attached hydrogens (primary N) is 1. The minimum absolute atomic E-state index is 0. The molecule has 7 nitrogen and oxygen atoms in total. The zero-order valence-corrected chi connectivity index (χ0v) is 16.3. The van der Waals surface area contributed by atoms with E-state index in [1.807, 2.05) is 6.92 Å². The summed E-state index contributed by atoms with van der Waals surface area (Å²) in [5, 5.41) is 5.64. The Balaban J connectivity index is 0.00000338. The van der Waals surface area contributed by atoms with E-state index in [1.165, 1.54) is 7.11 Å². The first kappa shape index (κ1) is 22.1. The van der Waals surface area contributed by atoms with Gasteiger partial charge in [-0.2, -0.15) is 0 Å². The van der Waals surface area contributed by atoms with Gasteiger partial charge < -0.3 is 25.8 Å². The van der Waals surface area contributed by atoms with Gasteiger partial charge in [-0.15, -0.1) is 12.4 Å². The van der Waals surface area contributed by atoms with E-state index < -0.39 is 5.54 Å². The molecule has 1 aromatic carbocycles. The van der Waals surface area contributed by atoms with Gasteiger partial charge in [0.25, 0.3) is 5.91 Å². The molecule has 1 aliphatic rings. The van der Waals surface area contributed by atoms with Gasteiger partial charge in [0.1, 0.15) is 0 Å². The first-order valence-electron chi connectivity index (χ1n) is 8.56. The average Bonchev–Trinajstić information content (AvgIpc) is 3.37. The molecule has 1 unspecified atom stereocenters. The van der Waals surface area contributed by atoms with Crippen molar-refractivity contribution in [2.75, 3.05) is 19.0 Å². The highest BCUT2D eigenvalue weighted by Crippen LogP contribution is 2.30. The summed E-state index contributed by atoms with van der Waals surface area (Å²) < 4.78 is 10.8. The molecule has 0 radical (unpaired) electrons. The second-order valence-corrected chi connectivity index (χ2v) is 6.62. The van der Waals surface area contributed by atoms with Gasteiger partial charge in [0.15, 0.2) is 18.1 Å². The van der Waals surface area contributed by atoms with Crippen molar-refractivity contribution in [3.8, 4) is 11.5 Å². The van der Waals surface area contributed by atoms with Gasteiger partial charge in [-0.05, 0) is 38.3 Å². The van der Waals surface area contributed by atoms with Crippen LogP contribution in [0, 0.1) is 0 Å². The van der Waals surface area contributed by atoms with Crippen LogP contribution in [0.15, 0.2) is 18.2 Å². The molecule has 0 aromatic heterocycles. The predicted octanol–water partition coefficient (Wildman–Crippen LogP) is 2.23. The molecule has 2 rings (SSSR count). The number of rotatable bonds is 9. The molecule has 0 spiro atoms. The fourth-order valence-corrected chi connectivity index (χ4v) is 2.41. The molecule has 146 valence electrons. The third kappa shape index (κ3) is 6.38. The van der Waals surface area contributed by atoms with Crippen LogP contribution in [-0.2, 0) is 9.59 Å². The van der Waals surface area contributed by atoms with Gasteiger partial charge in [0, 0.05) is 17.8 Å². The van der Waals surface area contributed by atoms with Crippen LogP contribution < -0.4 is 25.8 Å². The molecule has 8 heteroatoms. The van der Waals surface area contributed by atoms with Crippen LogP contribution in [0.5, 0.6) is 11.5 Å². The maximum absolute atomic E-state index is 12.3. The molecular formula is C18H28ClN3O4. The Hall–Kier alpha value is -1.99. The Labute approximate surface area is 160 Å². The molecule has 0 bridgehead atoms. The summed E-state index contributed by atoms with van der Waals surface area (Å²) in [5.74, 6) is 0.440. The standard InChI is InChI=1S/C18H27N3O4.ClH/c1-4-9-18(2,19)17(23)21-13-7-8-14(24-3)15(10-13)25-11-16(22)20-12-5-6-12;/h7-8,10,12H,4-6,9,11,19H2,1-3H3,(H,20,22)(H,21,23);1H. The summed E-state index contributed by atoms with van der Waals surface area (Å²) in [4.78, 5) is 24.1. The molecule has 0 saturated heterocycles. The quantitative estimate of drug-likeness (QED) is 0.604. The van der Waals surface area contributed by atoms with E-state index >= 15 is 0 Å². The van der Waals surface area contributed by atoms with Crippen molar-refractivity contribution < 1.29 is 19.1 Å². The molecular weight excluding hydrogens is 358 g/mol. The normalized spacial score (nSPS) is 15.2. The summed E-state index contributed by atoms with van der Waals surface area (Å²) >= 11 is 0. The monoisotopic (exact) mass is 385 g/mol. The lowest BCUT2D eigenvalue weighted by Gasteiger charge is -2.23. The molecule has 1 aliphatic carbocycles. The topological polar surface area (TPSA) is 103 Å². The van der Waals surface area contributed by atoms with Gasteiger partial charge >= 0.3 is 0 Å². The summed E-state index contributed by atoms with van der Waals surface area (Å²) in [5.41, 5.74) is 5.64. The lowest BCUT2D eigenvalue weighted by Crippen LogP contribution is -2.48. The van der Waals surface area contributed by atoms with Gasteiger partial charge in [-0.3, -0.25) is 9.59 Å². The van der Waals surface area contributed by atoms with Gasteiger partial charge in [0.2, 0.25) is 5.91 Å². The minimum atomic E-state index is -0.945. The van der Waals surface area contributed by atoms with E-state index in [2.05, 4.69) is 10.6 Å². The molecule has 0 heterocycles. The Kier molecular flexibility index (Phi) is 8.17. The van der Waals surface area contributed by atoms with Crippen LogP contribution in [0.4, 0.5) is 5.69 Å². The fourth-order valence-electron chi connectivity index (χ4n) is 2.41. The second-order valence-electron chi connectivity index (χ2n) is 6.62. The number of methoxy groups -OCH3 is 1. The van der Waals surface area contributed by atoms with Crippen molar-refractivity contribution in [2.24, 2.45) is 5.73 Å². The van der Waals surface area contributed by atoms with Crippen molar-refractivity contribution in [3.63, 3.8) is 0 Å². The SMILES string of the molecule is CCCC(C)(N)C(=O)Nc1ccc(OC)c(OCC(=O)NC2CC2)c1.Cl. The number of amides is 2. The Morgan fingerprint density at radius 1 is 1.31 bits per heavy atom. The maximum Gasteiger partial charge on any atom is 0.258 e. The predicted molar refractivity (Wildman–Crippen MR) is 103 cm³/mol. The molecule has 1 fully saturated rings. The molecule has 1 atom stereocenters. The first-order valence-corrected chi connectivity index (χ1v) is 8.56. The second kappa shape index (κ2) is 9.64. The number of carbonyl (C=O) groups excluding carboxylic acids is 2. The number of benzene rings is 1. The van der Waals surface area contributed by atoms with E-state index in [1.54, 1.807) is 25.1 Å². The zero-order valence-electron chi connectivity index (χ0n) is 15.5. The lowest BCUT2D eigenvalue weighted by molar-refractivity contribution is -0.123. The fraction of sp³-hybridized carbons (Fsp3) is 0.556. The largest absolute Gasteiger partial charge is 0.493 e. The number of carbonyl (C=O) groups is 2. The summed E-state index contributed by atoms with van der Waals surface area (Å²) in [7, 11) is 1.52. The summed E-state index contributed by atoms with van der Waals surface area (Å²) in [6.45, 7) is 3.58. The van der Waals surface area contributed by atoms with E-state index in [9.17, 15) is 9.59 Å². The highest BCUT2D eigenvalue weighted by molar-refractivity contribution is 5.97.